The number of hydrogen-bond acceptors (Lipinski definition) is 12. The van der Waals surface area contributed by atoms with Crippen LogP contribution in [0.25, 0.3) is 11.2 Å². The molecule has 1 fully saturated rings. The van der Waals surface area contributed by atoms with E-state index in [2.05, 4.69) is 19.5 Å². The zero-order chi connectivity index (χ0) is 24.3. The minimum Gasteiger partial charge on any atom is -0.404 e. The first kappa shape index (κ1) is 24.4. The summed E-state index contributed by atoms with van der Waals surface area (Å²) in [6.45, 7) is -0.390. The number of anilines is 1. The molecule has 17 heteroatoms. The predicted molar refractivity (Wildman–Crippen MR) is 109 cm³/mol. The van der Waals surface area contributed by atoms with Crippen LogP contribution in [0, 0.1) is 10.1 Å². The fraction of sp³-hybridized carbons (Fsp3) is 0.312. The Morgan fingerprint density at radius 2 is 1.85 bits per heavy atom. The van der Waals surface area contributed by atoms with Gasteiger partial charge in [-0.3, -0.25) is 24.5 Å². The maximum atomic E-state index is 10.4. The van der Waals surface area contributed by atoms with Gasteiger partial charge in [0.05, 0.1) is 17.9 Å². The molecule has 1 aromatic carbocycles. The van der Waals surface area contributed by atoms with Crippen LogP contribution in [0.1, 0.15) is 6.23 Å². The molecule has 0 amide bonds. The van der Waals surface area contributed by atoms with Crippen LogP contribution in [0.4, 0.5) is 11.5 Å². The van der Waals surface area contributed by atoms with E-state index in [9.17, 15) is 24.9 Å². The number of ether oxygens (including phenoxy) is 1. The predicted octanol–water partition coefficient (Wildman–Crippen LogP) is -0.914. The first-order valence-corrected chi connectivity index (χ1v) is 10.6. The maximum Gasteiger partial charge on any atom is 0.524 e. The number of nitrogens with two attached hydrogens (primary N) is 1. The molecule has 0 aliphatic carbocycles. The lowest BCUT2D eigenvalue weighted by atomic mass is 10.1. The lowest BCUT2D eigenvalue weighted by Crippen LogP contribution is -2.33. The van der Waals surface area contributed by atoms with Crippen molar-refractivity contribution in [3.63, 3.8) is 0 Å². The van der Waals surface area contributed by atoms with Gasteiger partial charge in [-0.25, -0.2) is 19.5 Å². The van der Waals surface area contributed by atoms with Gasteiger partial charge in [0.25, 0.3) is 5.69 Å². The molecule has 4 rings (SSSR count). The number of aliphatic hydroxyl groups is 3. The van der Waals surface area contributed by atoms with E-state index < -0.39 is 43.9 Å². The first-order chi connectivity index (χ1) is 15.5. The normalized spacial score (nSPS) is 22.6. The molecule has 0 bridgehead atoms. The molecule has 0 saturated carbocycles. The van der Waals surface area contributed by atoms with E-state index in [1.54, 1.807) is 0 Å². The van der Waals surface area contributed by atoms with E-state index in [1.165, 1.54) is 17.2 Å². The third-order valence-corrected chi connectivity index (χ3v) is 4.90. The Hall–Kier alpha value is -3.24. The topological polar surface area (TPSA) is 249 Å². The highest BCUT2D eigenvalue weighted by atomic mass is 31.2. The summed E-state index contributed by atoms with van der Waals surface area (Å²) in [5.74, 6) is 0.0967. The Kier molecular flexibility index (Phi) is 7.19. The fourth-order valence-corrected chi connectivity index (χ4v) is 3.33. The number of nitrogens with zero attached hydrogens (tertiary/aromatic N) is 5. The van der Waals surface area contributed by atoms with E-state index in [1.807, 2.05) is 0 Å². The maximum absolute atomic E-state index is 10.4. The average Bonchev–Trinajstić information content (AvgIpc) is 3.30. The largest absolute Gasteiger partial charge is 0.524 e. The van der Waals surface area contributed by atoms with Crippen molar-refractivity contribution in [2.45, 2.75) is 24.5 Å². The molecule has 1 saturated heterocycles. The van der Waals surface area contributed by atoms with Crippen LogP contribution in [0.15, 0.2) is 36.9 Å². The Bertz CT molecular complexity index is 1170. The van der Waals surface area contributed by atoms with Crippen molar-refractivity contribution >= 4 is 30.5 Å². The number of nitro benzene ring substituents is 1. The van der Waals surface area contributed by atoms with Gasteiger partial charge in [0.2, 0.25) is 0 Å². The molecule has 1 aliphatic rings. The third-order valence-electron chi connectivity index (χ3n) is 4.45. The summed E-state index contributed by atoms with van der Waals surface area (Å²) in [5, 5.41) is 38.9. The Morgan fingerprint density at radius 1 is 1.18 bits per heavy atom. The number of nitro groups is 1. The van der Waals surface area contributed by atoms with E-state index >= 15 is 0 Å². The van der Waals surface area contributed by atoms with Crippen LogP contribution >= 0.6 is 7.82 Å². The van der Waals surface area contributed by atoms with Gasteiger partial charge in [0, 0.05) is 12.1 Å². The highest BCUT2D eigenvalue weighted by Gasteiger charge is 2.43. The van der Waals surface area contributed by atoms with Crippen LogP contribution < -0.4 is 10.3 Å². The van der Waals surface area contributed by atoms with Crippen molar-refractivity contribution in [2.24, 2.45) is 0 Å². The van der Waals surface area contributed by atoms with Gasteiger partial charge >= 0.3 is 7.82 Å². The average molecular weight is 486 g/mol. The third kappa shape index (κ3) is 5.58. The number of rotatable bonds is 5. The number of non-ortho nitro benzene ring substituents is 1. The van der Waals surface area contributed by atoms with Gasteiger partial charge < -0.3 is 30.3 Å². The van der Waals surface area contributed by atoms with Gasteiger partial charge in [-0.1, -0.05) is 0 Å². The molecule has 3 aromatic rings. The number of fused-ring (bicyclic) bond motifs is 1. The number of phosphoric ester groups is 1. The van der Waals surface area contributed by atoms with Crippen molar-refractivity contribution in [1.82, 2.24) is 19.5 Å². The molecule has 0 radical (unpaired) electrons. The second kappa shape index (κ2) is 9.72. The zero-order valence-corrected chi connectivity index (χ0v) is 17.4. The van der Waals surface area contributed by atoms with Crippen LogP contribution in [0.3, 0.4) is 0 Å². The zero-order valence-electron chi connectivity index (χ0n) is 16.5. The summed E-state index contributed by atoms with van der Waals surface area (Å²) in [6, 6.07) is 4.39. The van der Waals surface area contributed by atoms with E-state index in [4.69, 9.17) is 25.4 Å². The summed E-state index contributed by atoms with van der Waals surface area (Å²) in [6.07, 6.45) is -1.42. The van der Waals surface area contributed by atoms with E-state index in [0.717, 1.165) is 24.3 Å². The van der Waals surface area contributed by atoms with Gasteiger partial charge in [0.1, 0.15) is 35.9 Å². The lowest BCUT2D eigenvalue weighted by Gasteiger charge is -2.16. The summed E-state index contributed by atoms with van der Waals surface area (Å²) in [4.78, 5) is 38.3. The van der Waals surface area contributed by atoms with Gasteiger partial charge in [0.15, 0.2) is 17.7 Å². The molecule has 1 aliphatic heterocycles. The molecule has 3 heterocycles. The Balaban J connectivity index is 0.000000196. The first-order valence-electron chi connectivity index (χ1n) is 9.07. The van der Waals surface area contributed by atoms with Crippen molar-refractivity contribution in [1.29, 1.82) is 0 Å². The highest BCUT2D eigenvalue weighted by Crippen LogP contribution is 2.37. The summed E-state index contributed by atoms with van der Waals surface area (Å²) < 4.78 is 21.4. The number of phosphoric acid groups is 1. The smallest absolute Gasteiger partial charge is 0.404 e. The summed E-state index contributed by atoms with van der Waals surface area (Å²) in [5.41, 5.74) is 6.27. The van der Waals surface area contributed by atoms with Crippen molar-refractivity contribution < 1.29 is 43.9 Å². The van der Waals surface area contributed by atoms with E-state index in [0.29, 0.717) is 11.2 Å². The number of benzene rings is 1. The molecular formula is C16H19N6O10P. The van der Waals surface area contributed by atoms with Crippen LogP contribution in [0.5, 0.6) is 5.75 Å². The summed E-state index contributed by atoms with van der Waals surface area (Å²) in [7, 11) is -4.60. The molecule has 0 spiro atoms. The lowest BCUT2D eigenvalue weighted by molar-refractivity contribution is -0.384. The number of aromatic nitrogens is 4. The van der Waals surface area contributed by atoms with Crippen LogP contribution in [-0.2, 0) is 9.30 Å². The number of hydrogen-bond donors (Lipinski definition) is 6. The molecule has 0 unspecified atom stereocenters. The van der Waals surface area contributed by atoms with Crippen molar-refractivity contribution in [3.8, 4) is 5.75 Å². The van der Waals surface area contributed by atoms with Gasteiger partial charge in [-0.2, -0.15) is 0 Å². The summed E-state index contributed by atoms with van der Waals surface area (Å²) >= 11 is 0. The van der Waals surface area contributed by atoms with Gasteiger partial charge in [-0.15, -0.1) is 0 Å². The van der Waals surface area contributed by atoms with Crippen LogP contribution in [-0.4, -0.2) is 74.5 Å². The number of nitrogen functional groups attached to an aromatic ring is 1. The van der Waals surface area contributed by atoms with E-state index in [-0.39, 0.29) is 17.3 Å². The van der Waals surface area contributed by atoms with Crippen LogP contribution in [0.2, 0.25) is 0 Å². The minimum atomic E-state index is -4.60. The molecule has 7 N–H and O–H groups in total. The quantitative estimate of drug-likeness (QED) is 0.145. The van der Waals surface area contributed by atoms with Gasteiger partial charge in [-0.05, 0) is 12.1 Å². The molecule has 2 aromatic heterocycles. The monoisotopic (exact) mass is 486 g/mol. The number of aliphatic hydroxyl groups excluding tert-OH is 3. The second-order valence-corrected chi connectivity index (χ2v) is 7.81. The molecule has 4 atom stereocenters. The Labute approximate surface area is 184 Å². The molecule has 16 nitrogen and oxygen atoms in total. The second-order valence-electron chi connectivity index (χ2n) is 6.64. The molecule has 178 valence electrons. The Morgan fingerprint density at radius 3 is 2.39 bits per heavy atom. The van der Waals surface area contributed by atoms with Crippen molar-refractivity contribution in [3.05, 3.63) is 47.0 Å². The minimum absolute atomic E-state index is 0.121. The SMILES string of the molecule is Nc1ncnc2c1ncn2[C@@H]1O[C@H](CO)[C@@H](O)[C@H]1O.O=[N+]([O-])c1ccc(OP(=O)(O)O)cc1. The fourth-order valence-electron chi connectivity index (χ4n) is 2.93. The van der Waals surface area contributed by atoms with Crippen molar-refractivity contribution in [2.75, 3.05) is 12.3 Å². The molecule has 33 heavy (non-hydrogen) atoms. The number of imidazole rings is 1. The standard InChI is InChI=1S/C10H13N5O4.C6H6NO6P/c11-8-5-9(13-2-12-8)15(3-14-5)10-7(18)6(17)4(1-16)19-10;8-7(9)5-1-3-6(4-2-5)13-14(10,11)12/h2-4,6-7,10,16-18H,1H2,(H2,11,12,13);1-4H,(H2,10,11,12)/t4-,6-,7-,10-;/m1./s1. The molecular weight excluding hydrogens is 467 g/mol. The highest BCUT2D eigenvalue weighted by molar-refractivity contribution is 7.46.